The summed E-state index contributed by atoms with van der Waals surface area (Å²) in [5.41, 5.74) is 0.252. The van der Waals surface area contributed by atoms with Crippen molar-refractivity contribution < 1.29 is 14.0 Å². The monoisotopic (exact) mass is 394 g/mol. The predicted molar refractivity (Wildman–Crippen MR) is 99.1 cm³/mol. The highest BCUT2D eigenvalue weighted by atomic mass is 35.5. The van der Waals surface area contributed by atoms with E-state index in [4.69, 9.17) is 35.4 Å². The molecule has 25 heavy (non-hydrogen) atoms. The van der Waals surface area contributed by atoms with Crippen LogP contribution in [0.3, 0.4) is 0 Å². The van der Waals surface area contributed by atoms with Crippen molar-refractivity contribution in [3.63, 3.8) is 0 Å². The Morgan fingerprint density at radius 1 is 1.08 bits per heavy atom. The molecule has 0 bridgehead atoms. The zero-order valence-corrected chi connectivity index (χ0v) is 14.8. The Hall–Kier alpha value is -2.28. The van der Waals surface area contributed by atoms with Crippen molar-refractivity contribution >= 4 is 64.1 Å². The first-order valence-electron chi connectivity index (χ1n) is 6.99. The van der Waals surface area contributed by atoms with Crippen molar-refractivity contribution in [1.29, 1.82) is 0 Å². The molecule has 0 saturated carbocycles. The van der Waals surface area contributed by atoms with Crippen molar-refractivity contribution in [3.8, 4) is 0 Å². The molecule has 0 atom stereocenters. The molecular weight excluding hydrogens is 386 g/mol. The van der Waals surface area contributed by atoms with Gasteiger partial charge in [0.2, 0.25) is 0 Å². The summed E-state index contributed by atoms with van der Waals surface area (Å²) < 4.78 is 14.1. The van der Waals surface area contributed by atoms with E-state index < -0.39 is 17.6 Å². The first-order valence-corrected chi connectivity index (χ1v) is 8.16. The van der Waals surface area contributed by atoms with E-state index in [1.807, 2.05) is 0 Å². The fourth-order valence-corrected chi connectivity index (χ4v) is 2.86. The molecule has 1 fully saturated rings. The van der Waals surface area contributed by atoms with Crippen LogP contribution in [0.5, 0.6) is 0 Å². The van der Waals surface area contributed by atoms with Gasteiger partial charge in [0, 0.05) is 0 Å². The molecule has 0 aliphatic carbocycles. The molecule has 2 aromatic rings. The summed E-state index contributed by atoms with van der Waals surface area (Å²) in [5, 5.41) is 2.82. The Kier molecular flexibility index (Phi) is 4.85. The Bertz CT molecular complexity index is 946. The number of nitrogens with zero attached hydrogens (tertiary/aromatic N) is 1. The minimum atomic E-state index is -0.732. The van der Waals surface area contributed by atoms with Crippen LogP contribution in [0.2, 0.25) is 10.0 Å². The number of nitrogens with one attached hydrogen (secondary N) is 1. The van der Waals surface area contributed by atoms with Gasteiger partial charge in [-0.2, -0.15) is 0 Å². The molecule has 0 spiro atoms. The zero-order chi connectivity index (χ0) is 18.1. The van der Waals surface area contributed by atoms with Crippen LogP contribution >= 0.6 is 35.4 Å². The minimum absolute atomic E-state index is 0.0439. The van der Waals surface area contributed by atoms with Crippen LogP contribution in [0.1, 0.15) is 5.56 Å². The molecule has 1 aliphatic heterocycles. The van der Waals surface area contributed by atoms with Gasteiger partial charge in [-0.05, 0) is 48.1 Å². The standard InChI is InChI=1S/C17H9Cl2FN2O2S/c18-11-6-5-9(8-12(11)19)7-10-15(23)21-17(25)22(16(10)24)14-4-2-1-3-13(14)20/h1-8H,(H,21,23,25)/b10-7+. The highest BCUT2D eigenvalue weighted by Crippen LogP contribution is 2.27. The number of anilines is 1. The van der Waals surface area contributed by atoms with E-state index >= 15 is 0 Å². The lowest BCUT2D eigenvalue weighted by Gasteiger charge is -2.29. The van der Waals surface area contributed by atoms with Gasteiger partial charge in [0.15, 0.2) is 5.11 Å². The maximum atomic E-state index is 14.1. The average molecular weight is 395 g/mol. The van der Waals surface area contributed by atoms with Crippen LogP contribution in [0.15, 0.2) is 48.0 Å². The van der Waals surface area contributed by atoms with Crippen molar-refractivity contribution in [2.45, 2.75) is 0 Å². The molecule has 2 aromatic carbocycles. The lowest BCUT2D eigenvalue weighted by atomic mass is 10.1. The average Bonchev–Trinajstić information content (AvgIpc) is 2.56. The van der Waals surface area contributed by atoms with Gasteiger partial charge in [0.25, 0.3) is 11.8 Å². The molecule has 126 valence electrons. The van der Waals surface area contributed by atoms with Gasteiger partial charge in [-0.3, -0.25) is 14.9 Å². The number of hydrogen-bond donors (Lipinski definition) is 1. The lowest BCUT2D eigenvalue weighted by Crippen LogP contribution is -2.54. The fraction of sp³-hybridized carbons (Fsp3) is 0. The van der Waals surface area contributed by atoms with Crippen molar-refractivity contribution in [3.05, 3.63) is 69.5 Å². The van der Waals surface area contributed by atoms with Crippen LogP contribution in [0.4, 0.5) is 10.1 Å². The maximum absolute atomic E-state index is 14.1. The number of thiocarbonyl (C=S) groups is 1. The number of hydrogen-bond acceptors (Lipinski definition) is 3. The molecule has 8 heteroatoms. The van der Waals surface area contributed by atoms with Gasteiger partial charge in [-0.15, -0.1) is 0 Å². The van der Waals surface area contributed by atoms with E-state index in [0.717, 1.165) is 4.90 Å². The third kappa shape index (κ3) is 3.42. The van der Waals surface area contributed by atoms with Gasteiger partial charge >= 0.3 is 0 Å². The smallest absolute Gasteiger partial charge is 0.270 e. The third-order valence-corrected chi connectivity index (χ3v) is 4.47. The van der Waals surface area contributed by atoms with Crippen LogP contribution in [0.25, 0.3) is 6.08 Å². The normalized spacial score (nSPS) is 16.4. The van der Waals surface area contributed by atoms with E-state index in [0.29, 0.717) is 10.6 Å². The number of benzene rings is 2. The zero-order valence-electron chi connectivity index (χ0n) is 12.4. The highest BCUT2D eigenvalue weighted by molar-refractivity contribution is 7.80. The van der Waals surface area contributed by atoms with Crippen molar-refractivity contribution in [1.82, 2.24) is 5.32 Å². The van der Waals surface area contributed by atoms with Crippen molar-refractivity contribution in [2.75, 3.05) is 4.90 Å². The van der Waals surface area contributed by atoms with Crippen LogP contribution in [-0.2, 0) is 9.59 Å². The fourth-order valence-electron chi connectivity index (χ4n) is 2.28. The van der Waals surface area contributed by atoms with E-state index in [1.165, 1.54) is 30.3 Å². The second-order valence-corrected chi connectivity index (χ2v) is 6.28. The first kappa shape index (κ1) is 17.5. The Labute approximate surface area is 157 Å². The predicted octanol–water partition coefficient (Wildman–Crippen LogP) is 3.96. The molecule has 0 radical (unpaired) electrons. The topological polar surface area (TPSA) is 49.4 Å². The Morgan fingerprint density at radius 2 is 1.80 bits per heavy atom. The molecule has 1 aliphatic rings. The Morgan fingerprint density at radius 3 is 2.48 bits per heavy atom. The molecule has 0 aromatic heterocycles. The van der Waals surface area contributed by atoms with Crippen LogP contribution < -0.4 is 10.2 Å². The number of amides is 2. The molecule has 4 nitrogen and oxygen atoms in total. The third-order valence-electron chi connectivity index (χ3n) is 3.45. The maximum Gasteiger partial charge on any atom is 0.270 e. The highest BCUT2D eigenvalue weighted by Gasteiger charge is 2.35. The number of carbonyl (C=O) groups excluding carboxylic acids is 2. The molecule has 1 heterocycles. The number of halogens is 3. The van der Waals surface area contributed by atoms with E-state index in [2.05, 4.69) is 5.32 Å². The summed E-state index contributed by atoms with van der Waals surface area (Å²) in [7, 11) is 0. The summed E-state index contributed by atoms with van der Waals surface area (Å²) in [6.07, 6.45) is 1.34. The summed E-state index contributed by atoms with van der Waals surface area (Å²) in [6, 6.07) is 10.3. The minimum Gasteiger partial charge on any atom is -0.298 e. The summed E-state index contributed by atoms with van der Waals surface area (Å²) in [4.78, 5) is 25.8. The van der Waals surface area contributed by atoms with Crippen LogP contribution in [-0.4, -0.2) is 16.9 Å². The van der Waals surface area contributed by atoms with E-state index in [-0.39, 0.29) is 21.4 Å². The van der Waals surface area contributed by atoms with Gasteiger partial charge in [0.05, 0.1) is 15.7 Å². The SMILES string of the molecule is O=C1NC(=S)N(c2ccccc2F)C(=O)/C1=C/c1ccc(Cl)c(Cl)c1. The van der Waals surface area contributed by atoms with Gasteiger partial charge in [-0.25, -0.2) is 9.29 Å². The first-order chi connectivity index (χ1) is 11.9. The number of rotatable bonds is 2. The molecule has 0 unspecified atom stereocenters. The van der Waals surface area contributed by atoms with Gasteiger partial charge in [0.1, 0.15) is 11.4 Å². The van der Waals surface area contributed by atoms with Crippen molar-refractivity contribution in [2.24, 2.45) is 0 Å². The van der Waals surface area contributed by atoms with Gasteiger partial charge < -0.3 is 0 Å². The Balaban J connectivity index is 2.05. The molecule has 1 saturated heterocycles. The summed E-state index contributed by atoms with van der Waals surface area (Å²) in [5.74, 6) is -2.04. The molecule has 3 rings (SSSR count). The number of carbonyl (C=O) groups is 2. The van der Waals surface area contributed by atoms with Crippen LogP contribution in [0, 0.1) is 5.82 Å². The number of para-hydroxylation sites is 1. The lowest BCUT2D eigenvalue weighted by molar-refractivity contribution is -0.122. The molecule has 1 N–H and O–H groups in total. The van der Waals surface area contributed by atoms with Gasteiger partial charge in [-0.1, -0.05) is 41.4 Å². The summed E-state index contributed by atoms with van der Waals surface area (Å²) >= 11 is 16.8. The second-order valence-electron chi connectivity index (χ2n) is 5.08. The quantitative estimate of drug-likeness (QED) is 0.476. The largest absolute Gasteiger partial charge is 0.298 e. The summed E-state index contributed by atoms with van der Waals surface area (Å²) in [6.45, 7) is 0. The van der Waals surface area contributed by atoms with E-state index in [9.17, 15) is 14.0 Å². The molecule has 2 amide bonds. The second kappa shape index (κ2) is 6.92. The molecular formula is C17H9Cl2FN2O2S. The van der Waals surface area contributed by atoms with E-state index in [1.54, 1.807) is 18.2 Å².